The Hall–Kier alpha value is -2.04. The summed E-state index contributed by atoms with van der Waals surface area (Å²) in [4.78, 5) is 30.4. The summed E-state index contributed by atoms with van der Waals surface area (Å²) in [5, 5.41) is 2.70. The Kier molecular flexibility index (Phi) is 6.79. The maximum absolute atomic E-state index is 12.5. The number of amides is 2. The van der Waals surface area contributed by atoms with Crippen LogP contribution in [0.1, 0.15) is 45.0 Å². The molecule has 0 spiro atoms. The second-order valence-electron chi connectivity index (χ2n) is 7.57. The van der Waals surface area contributed by atoms with Gasteiger partial charge in [-0.3, -0.25) is 4.79 Å². The summed E-state index contributed by atoms with van der Waals surface area (Å²) < 4.78 is 46.5. The molecule has 0 bridgehead atoms. The van der Waals surface area contributed by atoms with Crippen LogP contribution in [0.15, 0.2) is 6.20 Å². The fraction of sp³-hybridized carbons (Fsp3) is 0.706. The molecule has 1 saturated heterocycles. The Balaban J connectivity index is 1.84. The van der Waals surface area contributed by atoms with Crippen molar-refractivity contribution in [2.24, 2.45) is 5.92 Å². The summed E-state index contributed by atoms with van der Waals surface area (Å²) in [6, 6.07) is -0.441. The molecule has 0 aromatic carbocycles. The summed E-state index contributed by atoms with van der Waals surface area (Å²) in [6.45, 7) is 6.30. The Bertz CT molecular complexity index is 703. The molecular formula is C17H24F3N3O4S. The number of thiazole rings is 1. The number of aromatic nitrogens is 1. The van der Waals surface area contributed by atoms with E-state index in [1.807, 2.05) is 0 Å². The fourth-order valence-corrected chi connectivity index (χ4v) is 3.32. The van der Waals surface area contributed by atoms with E-state index in [0.29, 0.717) is 17.8 Å². The number of nitrogens with one attached hydrogen (secondary N) is 1. The number of carbonyl (C=O) groups is 2. The molecule has 1 aromatic heterocycles. The molecule has 11 heteroatoms. The predicted octanol–water partition coefficient (Wildman–Crippen LogP) is 3.52. The highest BCUT2D eigenvalue weighted by molar-refractivity contribution is 7.13. The topological polar surface area (TPSA) is 80.8 Å². The van der Waals surface area contributed by atoms with Crippen molar-refractivity contribution in [1.82, 2.24) is 15.2 Å². The van der Waals surface area contributed by atoms with E-state index in [-0.39, 0.29) is 23.6 Å². The first-order valence-electron chi connectivity index (χ1n) is 8.77. The van der Waals surface area contributed by atoms with Crippen LogP contribution in [-0.4, -0.2) is 53.4 Å². The highest BCUT2D eigenvalue weighted by atomic mass is 32.1. The van der Waals surface area contributed by atoms with Gasteiger partial charge in [0.1, 0.15) is 5.60 Å². The smallest absolute Gasteiger partial charge is 0.422 e. The van der Waals surface area contributed by atoms with E-state index in [9.17, 15) is 22.8 Å². The molecule has 7 nitrogen and oxygen atoms in total. The summed E-state index contributed by atoms with van der Waals surface area (Å²) in [5.74, 6) is -0.603. The molecule has 2 amide bonds. The van der Waals surface area contributed by atoms with Gasteiger partial charge in [-0.2, -0.15) is 13.2 Å². The van der Waals surface area contributed by atoms with E-state index < -0.39 is 30.5 Å². The van der Waals surface area contributed by atoms with Gasteiger partial charge in [-0.25, -0.2) is 9.78 Å². The molecule has 1 unspecified atom stereocenters. The zero-order chi connectivity index (χ0) is 21.1. The maximum Gasteiger partial charge on any atom is 0.422 e. The lowest BCUT2D eigenvalue weighted by Crippen LogP contribution is -2.38. The number of ether oxygens (including phenoxy) is 2. The molecule has 0 radical (unpaired) electrons. The van der Waals surface area contributed by atoms with Crippen molar-refractivity contribution in [2.75, 3.05) is 19.7 Å². The van der Waals surface area contributed by atoms with Crippen LogP contribution in [0.5, 0.6) is 5.19 Å². The summed E-state index contributed by atoms with van der Waals surface area (Å²) in [7, 11) is 0. The van der Waals surface area contributed by atoms with Gasteiger partial charge in [0.2, 0.25) is 5.91 Å². The lowest BCUT2D eigenvalue weighted by molar-refractivity contribution is -0.153. The average Bonchev–Trinajstić information content (AvgIpc) is 3.20. The van der Waals surface area contributed by atoms with Crippen molar-refractivity contribution in [3.63, 3.8) is 0 Å². The van der Waals surface area contributed by atoms with Gasteiger partial charge in [-0.1, -0.05) is 11.3 Å². The largest absolute Gasteiger partial charge is 0.460 e. The Morgan fingerprint density at radius 1 is 1.39 bits per heavy atom. The maximum atomic E-state index is 12.5. The van der Waals surface area contributed by atoms with E-state index >= 15 is 0 Å². The standard InChI is InChI=1S/C17H24F3N3O4S/c1-10(12-7-21-14(28-12)26-9-17(18,19)20)22-13(24)11-5-6-23(8-11)15(25)27-16(2,3)4/h7,10-11H,5-6,8-9H2,1-4H3,(H,22,24)/t10?,11-/m1/s1. The average molecular weight is 423 g/mol. The number of rotatable bonds is 5. The normalized spacial score (nSPS) is 18.7. The van der Waals surface area contributed by atoms with Crippen LogP contribution < -0.4 is 10.1 Å². The van der Waals surface area contributed by atoms with Gasteiger partial charge in [0.05, 0.1) is 16.8 Å². The third kappa shape index (κ3) is 6.84. The minimum Gasteiger partial charge on any atom is -0.460 e. The van der Waals surface area contributed by atoms with Gasteiger partial charge in [0.25, 0.3) is 5.19 Å². The minimum absolute atomic E-state index is 0.106. The van der Waals surface area contributed by atoms with Crippen LogP contribution in [0.4, 0.5) is 18.0 Å². The fourth-order valence-electron chi connectivity index (χ4n) is 2.55. The molecule has 1 aromatic rings. The predicted molar refractivity (Wildman–Crippen MR) is 96.1 cm³/mol. The number of hydrogen-bond acceptors (Lipinski definition) is 6. The molecule has 1 N–H and O–H groups in total. The van der Waals surface area contributed by atoms with E-state index in [4.69, 9.17) is 4.74 Å². The Morgan fingerprint density at radius 2 is 2.07 bits per heavy atom. The van der Waals surface area contributed by atoms with Gasteiger partial charge >= 0.3 is 12.3 Å². The van der Waals surface area contributed by atoms with Crippen molar-refractivity contribution >= 4 is 23.3 Å². The van der Waals surface area contributed by atoms with Crippen LogP contribution >= 0.6 is 11.3 Å². The van der Waals surface area contributed by atoms with Crippen molar-refractivity contribution in [2.45, 2.75) is 51.9 Å². The molecule has 2 rings (SSSR count). The monoisotopic (exact) mass is 423 g/mol. The van der Waals surface area contributed by atoms with Gasteiger partial charge in [-0.05, 0) is 34.1 Å². The van der Waals surface area contributed by atoms with Gasteiger partial charge in [0, 0.05) is 19.3 Å². The summed E-state index contributed by atoms with van der Waals surface area (Å²) in [5.41, 5.74) is -0.607. The highest BCUT2D eigenvalue weighted by Gasteiger charge is 2.34. The van der Waals surface area contributed by atoms with Crippen LogP contribution in [0.2, 0.25) is 0 Å². The number of likely N-dealkylation sites (tertiary alicyclic amines) is 1. The number of carbonyl (C=O) groups excluding carboxylic acids is 2. The van der Waals surface area contributed by atoms with Crippen molar-refractivity contribution in [1.29, 1.82) is 0 Å². The first-order valence-corrected chi connectivity index (χ1v) is 9.59. The molecule has 2 atom stereocenters. The van der Waals surface area contributed by atoms with Crippen LogP contribution in [0, 0.1) is 5.92 Å². The number of hydrogen-bond donors (Lipinski definition) is 1. The molecule has 28 heavy (non-hydrogen) atoms. The second-order valence-corrected chi connectivity index (χ2v) is 8.60. The van der Waals surface area contributed by atoms with E-state index in [1.54, 1.807) is 27.7 Å². The van der Waals surface area contributed by atoms with Gasteiger partial charge in [-0.15, -0.1) is 0 Å². The highest BCUT2D eigenvalue weighted by Crippen LogP contribution is 2.28. The quantitative estimate of drug-likeness (QED) is 0.784. The third-order valence-electron chi connectivity index (χ3n) is 3.86. The van der Waals surface area contributed by atoms with Gasteiger partial charge in [0.15, 0.2) is 6.61 Å². The van der Waals surface area contributed by atoms with E-state index in [1.165, 1.54) is 11.1 Å². The first kappa shape index (κ1) is 22.3. The van der Waals surface area contributed by atoms with Crippen LogP contribution in [-0.2, 0) is 9.53 Å². The zero-order valence-corrected chi connectivity index (χ0v) is 16.9. The van der Waals surface area contributed by atoms with Crippen molar-refractivity contribution < 1.29 is 32.2 Å². The van der Waals surface area contributed by atoms with Crippen LogP contribution in [0.3, 0.4) is 0 Å². The summed E-state index contributed by atoms with van der Waals surface area (Å²) >= 11 is 0.945. The number of nitrogens with zero attached hydrogens (tertiary/aromatic N) is 2. The first-order chi connectivity index (χ1) is 12.8. The minimum atomic E-state index is -4.44. The molecule has 1 aliphatic heterocycles. The van der Waals surface area contributed by atoms with E-state index in [0.717, 1.165) is 11.3 Å². The van der Waals surface area contributed by atoms with Gasteiger partial charge < -0.3 is 19.7 Å². The van der Waals surface area contributed by atoms with Crippen LogP contribution in [0.25, 0.3) is 0 Å². The number of alkyl halides is 3. The molecule has 1 fully saturated rings. The molecule has 1 aliphatic rings. The van der Waals surface area contributed by atoms with Crippen molar-refractivity contribution in [3.8, 4) is 5.19 Å². The Morgan fingerprint density at radius 3 is 2.68 bits per heavy atom. The van der Waals surface area contributed by atoms with E-state index in [2.05, 4.69) is 15.0 Å². The number of halogens is 3. The molecule has 0 aliphatic carbocycles. The third-order valence-corrected chi connectivity index (χ3v) is 4.95. The molecule has 158 valence electrons. The second kappa shape index (κ2) is 8.54. The molecule has 0 saturated carbocycles. The SMILES string of the molecule is CC(NC(=O)[C@@H]1CCN(C(=O)OC(C)(C)C)C1)c1cnc(OCC(F)(F)F)s1. The zero-order valence-electron chi connectivity index (χ0n) is 16.1. The van der Waals surface area contributed by atoms with Crippen molar-refractivity contribution in [3.05, 3.63) is 11.1 Å². The molecular weight excluding hydrogens is 399 g/mol. The molecule has 2 heterocycles. The Labute approximate surface area is 165 Å². The lowest BCUT2D eigenvalue weighted by atomic mass is 10.1. The summed E-state index contributed by atoms with van der Waals surface area (Å²) in [6.07, 6.45) is -3.00. The lowest BCUT2D eigenvalue weighted by Gasteiger charge is -2.24.